The lowest BCUT2D eigenvalue weighted by atomic mass is 9.95. The van der Waals surface area contributed by atoms with Gasteiger partial charge in [-0.1, -0.05) is 6.07 Å². The number of carbonyl (C=O) groups excluding carboxylic acids is 2. The molecule has 3 rings (SSSR count). The minimum Gasteiger partial charge on any atom is -0.355 e. The number of amides is 2. The van der Waals surface area contributed by atoms with Crippen LogP contribution in [0.2, 0.25) is 0 Å². The van der Waals surface area contributed by atoms with Crippen molar-refractivity contribution in [1.29, 1.82) is 0 Å². The zero-order valence-corrected chi connectivity index (χ0v) is 15.0. The summed E-state index contributed by atoms with van der Waals surface area (Å²) in [6.45, 7) is 4.91. The minimum absolute atomic E-state index is 0.0203. The number of piperidine rings is 1. The van der Waals surface area contributed by atoms with Gasteiger partial charge in [-0.2, -0.15) is 0 Å². The first kappa shape index (κ1) is 17.8. The third kappa shape index (κ3) is 4.17. The van der Waals surface area contributed by atoms with Crippen molar-refractivity contribution in [2.24, 2.45) is 5.92 Å². The highest BCUT2D eigenvalue weighted by Crippen LogP contribution is 2.26. The van der Waals surface area contributed by atoms with Crippen molar-refractivity contribution >= 4 is 29.0 Å². The smallest absolute Gasteiger partial charge is 0.227 e. The zero-order valence-electron chi connectivity index (χ0n) is 15.0. The van der Waals surface area contributed by atoms with E-state index in [0.717, 1.165) is 43.0 Å². The van der Waals surface area contributed by atoms with Gasteiger partial charge in [0, 0.05) is 49.7 Å². The first-order chi connectivity index (χ1) is 12.5. The second kappa shape index (κ2) is 7.95. The van der Waals surface area contributed by atoms with Gasteiger partial charge in [0.15, 0.2) is 0 Å². The molecule has 7 heteroatoms. The predicted octanol–water partition coefficient (Wildman–Crippen LogP) is 2.60. The van der Waals surface area contributed by atoms with Crippen LogP contribution in [-0.4, -0.2) is 34.9 Å². The van der Waals surface area contributed by atoms with Gasteiger partial charge in [0.25, 0.3) is 0 Å². The Bertz CT molecular complexity index is 786. The molecule has 0 bridgehead atoms. The second-order valence-corrected chi connectivity index (χ2v) is 6.47. The van der Waals surface area contributed by atoms with Gasteiger partial charge in [-0.15, -0.1) is 0 Å². The number of nitrogens with one attached hydrogen (secondary N) is 2. The standard InChI is InChI=1S/C19H23N5O2/c1-13-16(22-14(2)25)4-3-5-17(13)23-19(26)15-6-10-24(11-7-15)18-12-20-8-9-21-18/h3-5,8-9,12,15H,6-7,10-11H2,1-2H3,(H,22,25)(H,23,26). The molecule has 7 nitrogen and oxygen atoms in total. The molecule has 2 amide bonds. The van der Waals surface area contributed by atoms with Crippen LogP contribution in [0.1, 0.15) is 25.3 Å². The fourth-order valence-corrected chi connectivity index (χ4v) is 3.16. The van der Waals surface area contributed by atoms with Crippen LogP contribution in [0.25, 0.3) is 0 Å². The van der Waals surface area contributed by atoms with Gasteiger partial charge in [0.2, 0.25) is 11.8 Å². The zero-order chi connectivity index (χ0) is 18.5. The average Bonchev–Trinajstić information content (AvgIpc) is 2.65. The lowest BCUT2D eigenvalue weighted by molar-refractivity contribution is -0.120. The van der Waals surface area contributed by atoms with E-state index < -0.39 is 0 Å². The Morgan fingerprint density at radius 1 is 1.12 bits per heavy atom. The first-order valence-corrected chi connectivity index (χ1v) is 8.73. The summed E-state index contributed by atoms with van der Waals surface area (Å²) in [6.07, 6.45) is 6.62. The van der Waals surface area contributed by atoms with Crippen LogP contribution in [0.15, 0.2) is 36.8 Å². The van der Waals surface area contributed by atoms with E-state index >= 15 is 0 Å². The van der Waals surface area contributed by atoms with Gasteiger partial charge < -0.3 is 15.5 Å². The average molecular weight is 353 g/mol. The molecule has 2 aromatic rings. The Labute approximate surface area is 152 Å². The molecule has 0 spiro atoms. The molecule has 0 atom stereocenters. The largest absolute Gasteiger partial charge is 0.355 e. The Morgan fingerprint density at radius 3 is 2.42 bits per heavy atom. The van der Waals surface area contributed by atoms with Crippen molar-refractivity contribution in [1.82, 2.24) is 9.97 Å². The maximum atomic E-state index is 12.7. The Hall–Kier alpha value is -2.96. The molecule has 1 saturated heterocycles. The van der Waals surface area contributed by atoms with E-state index in [2.05, 4.69) is 25.5 Å². The van der Waals surface area contributed by atoms with Crippen molar-refractivity contribution < 1.29 is 9.59 Å². The van der Waals surface area contributed by atoms with Gasteiger partial charge in [0.1, 0.15) is 5.82 Å². The Kier molecular flexibility index (Phi) is 5.46. The first-order valence-electron chi connectivity index (χ1n) is 8.73. The van der Waals surface area contributed by atoms with Crippen molar-refractivity contribution in [3.05, 3.63) is 42.4 Å². The molecule has 2 heterocycles. The summed E-state index contributed by atoms with van der Waals surface area (Å²) in [4.78, 5) is 34.5. The molecule has 1 aromatic carbocycles. The van der Waals surface area contributed by atoms with Gasteiger partial charge in [-0.3, -0.25) is 14.6 Å². The van der Waals surface area contributed by atoms with Crippen molar-refractivity contribution in [3.8, 4) is 0 Å². The Morgan fingerprint density at radius 2 is 1.81 bits per heavy atom. The molecule has 0 aliphatic carbocycles. The molecule has 1 aliphatic heterocycles. The molecule has 1 aromatic heterocycles. The molecule has 2 N–H and O–H groups in total. The topological polar surface area (TPSA) is 87.2 Å². The van der Waals surface area contributed by atoms with Crippen molar-refractivity contribution in [3.63, 3.8) is 0 Å². The van der Waals surface area contributed by atoms with Crippen LogP contribution < -0.4 is 15.5 Å². The molecule has 0 unspecified atom stereocenters. The summed E-state index contributed by atoms with van der Waals surface area (Å²) in [5, 5.41) is 5.79. The van der Waals surface area contributed by atoms with E-state index in [-0.39, 0.29) is 17.7 Å². The minimum atomic E-state index is -0.132. The van der Waals surface area contributed by atoms with Crippen LogP contribution >= 0.6 is 0 Å². The number of benzene rings is 1. The number of rotatable bonds is 4. The molecule has 136 valence electrons. The summed E-state index contributed by atoms with van der Waals surface area (Å²) in [6, 6.07) is 5.50. The molecule has 26 heavy (non-hydrogen) atoms. The van der Waals surface area contributed by atoms with E-state index in [1.165, 1.54) is 6.92 Å². The van der Waals surface area contributed by atoms with Gasteiger partial charge in [0.05, 0.1) is 6.20 Å². The summed E-state index contributed by atoms with van der Waals surface area (Å²) in [7, 11) is 0. The van der Waals surface area contributed by atoms with Gasteiger partial charge >= 0.3 is 0 Å². The van der Waals surface area contributed by atoms with Crippen molar-refractivity contribution in [2.75, 3.05) is 28.6 Å². The second-order valence-electron chi connectivity index (χ2n) is 6.47. The van der Waals surface area contributed by atoms with E-state index in [1.807, 2.05) is 25.1 Å². The maximum Gasteiger partial charge on any atom is 0.227 e. The van der Waals surface area contributed by atoms with E-state index in [4.69, 9.17) is 0 Å². The van der Waals surface area contributed by atoms with Crippen molar-refractivity contribution in [2.45, 2.75) is 26.7 Å². The van der Waals surface area contributed by atoms with Gasteiger partial charge in [-0.05, 0) is 37.5 Å². The van der Waals surface area contributed by atoms with E-state index in [9.17, 15) is 9.59 Å². The highest BCUT2D eigenvalue weighted by molar-refractivity contribution is 5.96. The SMILES string of the molecule is CC(=O)Nc1cccc(NC(=O)C2CCN(c3cnccn3)CC2)c1C. The van der Waals surface area contributed by atoms with E-state index in [0.29, 0.717) is 5.69 Å². The number of carbonyl (C=O) groups is 2. The van der Waals surface area contributed by atoms with Crippen LogP contribution in [0.3, 0.4) is 0 Å². The molecule has 0 saturated carbocycles. The Balaban J connectivity index is 1.60. The number of nitrogens with zero attached hydrogens (tertiary/aromatic N) is 3. The maximum absolute atomic E-state index is 12.7. The molecular formula is C19H23N5O2. The third-order valence-electron chi connectivity index (χ3n) is 4.64. The number of hydrogen-bond acceptors (Lipinski definition) is 5. The molecule has 1 aliphatic rings. The van der Waals surface area contributed by atoms with E-state index in [1.54, 1.807) is 18.6 Å². The predicted molar refractivity (Wildman–Crippen MR) is 101 cm³/mol. The molecular weight excluding hydrogens is 330 g/mol. The highest BCUT2D eigenvalue weighted by atomic mass is 16.2. The summed E-state index contributed by atoms with van der Waals surface area (Å²) >= 11 is 0. The van der Waals surface area contributed by atoms with Gasteiger partial charge in [-0.25, -0.2) is 4.98 Å². The lowest BCUT2D eigenvalue weighted by Gasteiger charge is -2.32. The number of anilines is 3. The molecule has 0 radical (unpaired) electrons. The summed E-state index contributed by atoms with van der Waals surface area (Å²) in [5.74, 6) is 0.705. The van der Waals surface area contributed by atoms with Crippen LogP contribution in [-0.2, 0) is 9.59 Å². The molecule has 1 fully saturated rings. The van der Waals surface area contributed by atoms with Crippen LogP contribution in [0.5, 0.6) is 0 Å². The van der Waals surface area contributed by atoms with Crippen LogP contribution in [0, 0.1) is 12.8 Å². The highest BCUT2D eigenvalue weighted by Gasteiger charge is 2.26. The quantitative estimate of drug-likeness (QED) is 0.882. The fraction of sp³-hybridized carbons (Fsp3) is 0.368. The number of hydrogen-bond donors (Lipinski definition) is 2. The normalized spacial score (nSPS) is 14.8. The van der Waals surface area contributed by atoms with Crippen LogP contribution in [0.4, 0.5) is 17.2 Å². The summed E-state index contributed by atoms with van der Waals surface area (Å²) < 4.78 is 0. The monoisotopic (exact) mass is 353 g/mol. The number of aromatic nitrogens is 2. The fourth-order valence-electron chi connectivity index (χ4n) is 3.16. The lowest BCUT2D eigenvalue weighted by Crippen LogP contribution is -2.38. The third-order valence-corrected chi connectivity index (χ3v) is 4.64. The summed E-state index contributed by atoms with van der Waals surface area (Å²) in [5.41, 5.74) is 2.30.